The number of nitrogens with one attached hydrogen (secondary N) is 1. The van der Waals surface area contributed by atoms with E-state index in [1.165, 1.54) is 18.2 Å². The van der Waals surface area contributed by atoms with Gasteiger partial charge in [0, 0.05) is 5.02 Å². The number of aromatic amines is 1. The van der Waals surface area contributed by atoms with Crippen molar-refractivity contribution < 1.29 is 13.6 Å². The molecule has 3 rings (SSSR count). The van der Waals surface area contributed by atoms with E-state index >= 15 is 0 Å². The normalized spacial score (nSPS) is 11.8. The van der Waals surface area contributed by atoms with Gasteiger partial charge in [-0.3, -0.25) is 4.79 Å². The number of hydrogen-bond donors (Lipinski definition) is 2. The van der Waals surface area contributed by atoms with Crippen LogP contribution in [-0.2, 0) is 9.84 Å². The summed E-state index contributed by atoms with van der Waals surface area (Å²) in [6.45, 7) is 1.74. The Balaban J connectivity index is 2.47. The Kier molecular flexibility index (Phi) is 3.73. The predicted octanol–water partition coefficient (Wildman–Crippen LogP) is 1.72. The van der Waals surface area contributed by atoms with Gasteiger partial charge in [0.25, 0.3) is 5.56 Å². The summed E-state index contributed by atoms with van der Waals surface area (Å²) in [5.41, 5.74) is -1.68. The lowest BCUT2D eigenvalue weighted by atomic mass is 10.2. The number of benzene rings is 2. The fraction of sp³-hybridized carbons (Fsp3) is 0.0667. The van der Waals surface area contributed by atoms with Crippen molar-refractivity contribution in [1.82, 2.24) is 9.71 Å². The lowest BCUT2D eigenvalue weighted by Gasteiger charge is -2.10. The van der Waals surface area contributed by atoms with Gasteiger partial charge in [-0.25, -0.2) is 13.2 Å². The van der Waals surface area contributed by atoms with E-state index in [0.29, 0.717) is 0 Å². The highest BCUT2D eigenvalue weighted by Crippen LogP contribution is 2.29. The van der Waals surface area contributed by atoms with E-state index in [4.69, 9.17) is 11.6 Å². The van der Waals surface area contributed by atoms with Gasteiger partial charge in [0.15, 0.2) is 0 Å². The number of aromatic nitrogens is 2. The molecule has 0 fully saturated rings. The number of rotatable bonds is 2. The van der Waals surface area contributed by atoms with Crippen molar-refractivity contribution >= 4 is 32.3 Å². The molecule has 7 nitrogen and oxygen atoms in total. The molecular formula is C15H11ClN2O5S. The summed E-state index contributed by atoms with van der Waals surface area (Å²) < 4.78 is 25.7. The van der Waals surface area contributed by atoms with E-state index in [1.54, 1.807) is 19.1 Å². The van der Waals surface area contributed by atoms with Crippen molar-refractivity contribution in [2.45, 2.75) is 16.7 Å². The molecule has 0 saturated heterocycles. The minimum absolute atomic E-state index is 0.0000858. The van der Waals surface area contributed by atoms with Crippen molar-refractivity contribution in [3.63, 3.8) is 0 Å². The van der Waals surface area contributed by atoms with E-state index in [-0.39, 0.29) is 30.4 Å². The number of sulfone groups is 1. The molecule has 0 atom stereocenters. The molecule has 1 heterocycles. The first-order valence-corrected chi connectivity index (χ1v) is 8.57. The number of hydrogen-bond acceptors (Lipinski definition) is 5. The molecule has 0 unspecified atom stereocenters. The van der Waals surface area contributed by atoms with E-state index in [0.717, 1.165) is 11.6 Å². The SMILES string of the molecule is Cc1cccc(S(=O)(=O)c2cc(Cl)cc3c(=O)n(O)c(=O)[nH]c23)c1. The van der Waals surface area contributed by atoms with E-state index in [9.17, 15) is 23.2 Å². The Morgan fingerprint density at radius 2 is 1.88 bits per heavy atom. The van der Waals surface area contributed by atoms with Crippen LogP contribution in [0.15, 0.2) is 55.8 Å². The van der Waals surface area contributed by atoms with Gasteiger partial charge in [-0.2, -0.15) is 0 Å². The zero-order chi connectivity index (χ0) is 17.6. The maximum Gasteiger partial charge on any atom is 0.362 e. The van der Waals surface area contributed by atoms with Crippen LogP contribution in [0.2, 0.25) is 5.02 Å². The largest absolute Gasteiger partial charge is 0.421 e. The molecule has 0 aliphatic carbocycles. The molecule has 2 N–H and O–H groups in total. The Hall–Kier alpha value is -2.58. The molecule has 0 radical (unpaired) electrons. The van der Waals surface area contributed by atoms with Gasteiger partial charge in [-0.15, -0.1) is 0 Å². The third-order valence-corrected chi connectivity index (χ3v) is 5.50. The topological polar surface area (TPSA) is 109 Å². The highest BCUT2D eigenvalue weighted by atomic mass is 35.5. The van der Waals surface area contributed by atoms with Crippen LogP contribution in [0.25, 0.3) is 10.9 Å². The smallest absolute Gasteiger partial charge is 0.362 e. The van der Waals surface area contributed by atoms with Gasteiger partial charge >= 0.3 is 5.69 Å². The summed E-state index contributed by atoms with van der Waals surface area (Å²) in [4.78, 5) is 25.5. The first-order valence-electron chi connectivity index (χ1n) is 6.71. The van der Waals surface area contributed by atoms with Crippen LogP contribution < -0.4 is 11.2 Å². The highest BCUT2D eigenvalue weighted by Gasteiger charge is 2.23. The summed E-state index contributed by atoms with van der Waals surface area (Å²) in [6, 6.07) is 8.52. The van der Waals surface area contributed by atoms with Crippen molar-refractivity contribution in [3.8, 4) is 0 Å². The Labute approximate surface area is 140 Å². The second kappa shape index (κ2) is 5.50. The lowest BCUT2D eigenvalue weighted by molar-refractivity contribution is 0.162. The van der Waals surface area contributed by atoms with E-state index in [2.05, 4.69) is 4.98 Å². The lowest BCUT2D eigenvalue weighted by Crippen LogP contribution is -2.33. The van der Waals surface area contributed by atoms with Crippen LogP contribution >= 0.6 is 11.6 Å². The molecule has 0 saturated carbocycles. The molecular weight excluding hydrogens is 356 g/mol. The zero-order valence-electron chi connectivity index (χ0n) is 12.3. The zero-order valence-corrected chi connectivity index (χ0v) is 13.9. The summed E-state index contributed by atoms with van der Waals surface area (Å²) in [7, 11) is -4.04. The van der Waals surface area contributed by atoms with Crippen molar-refractivity contribution in [2.75, 3.05) is 0 Å². The molecule has 0 aliphatic rings. The minimum atomic E-state index is -4.04. The van der Waals surface area contributed by atoms with Crippen LogP contribution in [0.1, 0.15) is 5.56 Å². The van der Waals surface area contributed by atoms with Crippen LogP contribution in [-0.4, -0.2) is 23.3 Å². The number of H-pyrrole nitrogens is 1. The average Bonchev–Trinajstić information content (AvgIpc) is 2.53. The molecule has 0 spiro atoms. The average molecular weight is 367 g/mol. The van der Waals surface area contributed by atoms with E-state index < -0.39 is 21.1 Å². The number of fused-ring (bicyclic) bond motifs is 1. The van der Waals surface area contributed by atoms with Crippen molar-refractivity contribution in [1.29, 1.82) is 0 Å². The van der Waals surface area contributed by atoms with Gasteiger partial charge < -0.3 is 10.2 Å². The van der Waals surface area contributed by atoms with E-state index in [1.807, 2.05) is 0 Å². The molecule has 2 aromatic carbocycles. The van der Waals surface area contributed by atoms with Gasteiger partial charge in [0.2, 0.25) is 9.84 Å². The van der Waals surface area contributed by atoms with Gasteiger partial charge in [-0.05, 0) is 36.8 Å². The summed E-state index contributed by atoms with van der Waals surface area (Å²) in [6.07, 6.45) is 0. The minimum Gasteiger partial charge on any atom is -0.421 e. The predicted molar refractivity (Wildman–Crippen MR) is 87.7 cm³/mol. The quantitative estimate of drug-likeness (QED) is 0.671. The third kappa shape index (κ3) is 2.49. The number of aryl methyl sites for hydroxylation is 1. The molecule has 9 heteroatoms. The Morgan fingerprint density at radius 3 is 2.54 bits per heavy atom. The second-order valence-electron chi connectivity index (χ2n) is 5.19. The third-order valence-electron chi connectivity index (χ3n) is 3.50. The van der Waals surface area contributed by atoms with Crippen molar-refractivity contribution in [3.05, 3.63) is 67.8 Å². The van der Waals surface area contributed by atoms with Crippen LogP contribution in [0.5, 0.6) is 0 Å². The first-order chi connectivity index (χ1) is 11.2. The molecule has 24 heavy (non-hydrogen) atoms. The Bertz CT molecular complexity index is 1190. The van der Waals surface area contributed by atoms with Crippen molar-refractivity contribution in [2.24, 2.45) is 0 Å². The van der Waals surface area contributed by atoms with Crippen LogP contribution in [0.3, 0.4) is 0 Å². The maximum atomic E-state index is 12.9. The van der Waals surface area contributed by atoms with Gasteiger partial charge in [-0.1, -0.05) is 28.5 Å². The number of nitrogens with zero attached hydrogens (tertiary/aromatic N) is 1. The highest BCUT2D eigenvalue weighted by molar-refractivity contribution is 7.91. The molecule has 124 valence electrons. The molecule has 0 amide bonds. The summed E-state index contributed by atoms with van der Waals surface area (Å²) in [5, 5.41) is 9.18. The van der Waals surface area contributed by atoms with Gasteiger partial charge in [0.05, 0.1) is 20.7 Å². The first kappa shape index (κ1) is 16.3. The molecule has 0 bridgehead atoms. The molecule has 3 aromatic rings. The Morgan fingerprint density at radius 1 is 1.17 bits per heavy atom. The van der Waals surface area contributed by atoms with Crippen LogP contribution in [0, 0.1) is 6.92 Å². The summed E-state index contributed by atoms with van der Waals surface area (Å²) in [5.74, 6) is 0. The van der Waals surface area contributed by atoms with Gasteiger partial charge in [0.1, 0.15) is 0 Å². The second-order valence-corrected chi connectivity index (χ2v) is 7.55. The number of halogens is 1. The fourth-order valence-electron chi connectivity index (χ4n) is 2.37. The summed E-state index contributed by atoms with van der Waals surface area (Å²) >= 11 is 5.93. The monoisotopic (exact) mass is 366 g/mol. The molecule has 0 aliphatic heterocycles. The maximum absolute atomic E-state index is 12.9. The fourth-order valence-corrected chi connectivity index (χ4v) is 4.21. The standard InChI is InChI=1S/C15H11ClN2O5S/c1-8-3-2-4-10(5-8)24(22,23)12-7-9(16)6-11-13(12)17-15(20)18(21)14(11)19/h2-7,21H,1H3,(H,17,20). The molecule has 1 aromatic heterocycles. The van der Waals surface area contributed by atoms with Crippen LogP contribution in [0.4, 0.5) is 0 Å².